The molecule has 11 heteroatoms. The lowest BCUT2D eigenvalue weighted by atomic mass is 9.92. The average Bonchev–Trinajstić information content (AvgIpc) is 3.37. The van der Waals surface area contributed by atoms with E-state index in [1.54, 1.807) is 30.3 Å². The molecule has 0 bridgehead atoms. The summed E-state index contributed by atoms with van der Waals surface area (Å²) in [6.07, 6.45) is 2.33. The highest BCUT2D eigenvalue weighted by molar-refractivity contribution is 6.07. The minimum Gasteiger partial charge on any atom is -0.394 e. The molecule has 31 heavy (non-hydrogen) atoms. The van der Waals surface area contributed by atoms with Crippen LogP contribution < -0.4 is 20.4 Å². The van der Waals surface area contributed by atoms with Crippen LogP contribution in [-0.2, 0) is 11.8 Å². The molecule has 164 valence electrons. The number of aryl methyl sites for hydroxylation is 1. The van der Waals surface area contributed by atoms with Gasteiger partial charge < -0.3 is 15.7 Å². The van der Waals surface area contributed by atoms with Gasteiger partial charge in [-0.05, 0) is 18.6 Å². The molecule has 0 unspecified atom stereocenters. The molecule has 2 fully saturated rings. The van der Waals surface area contributed by atoms with E-state index in [2.05, 4.69) is 20.7 Å². The van der Waals surface area contributed by atoms with Crippen LogP contribution in [0.2, 0.25) is 0 Å². The van der Waals surface area contributed by atoms with Gasteiger partial charge in [-0.15, -0.1) is 0 Å². The molecule has 2 aliphatic rings. The second-order valence-corrected chi connectivity index (χ2v) is 8.41. The Morgan fingerprint density at radius 1 is 1.32 bits per heavy atom. The van der Waals surface area contributed by atoms with Gasteiger partial charge in [0.15, 0.2) is 5.82 Å². The number of carbonyl (C=O) groups is 3. The maximum atomic E-state index is 12.9. The zero-order chi connectivity index (χ0) is 22.3. The number of hydrogen-bond acceptors (Lipinski definition) is 6. The third-order valence-corrected chi connectivity index (χ3v) is 5.54. The molecule has 3 N–H and O–H groups in total. The zero-order valence-electron chi connectivity index (χ0n) is 17.6. The van der Waals surface area contributed by atoms with Crippen molar-refractivity contribution in [3.8, 4) is 0 Å². The van der Waals surface area contributed by atoms with Crippen molar-refractivity contribution >= 4 is 35.2 Å². The van der Waals surface area contributed by atoms with Gasteiger partial charge in [0.2, 0.25) is 5.91 Å². The number of nitrogens with one attached hydrogen (secondary N) is 2. The average molecular weight is 427 g/mol. The van der Waals surface area contributed by atoms with Gasteiger partial charge >= 0.3 is 6.03 Å². The minimum absolute atomic E-state index is 0.0414. The largest absolute Gasteiger partial charge is 0.394 e. The predicted octanol–water partition coefficient (Wildman–Crippen LogP) is 0.721. The molecule has 4 rings (SSSR count). The van der Waals surface area contributed by atoms with Crippen molar-refractivity contribution in [2.24, 2.45) is 12.5 Å². The van der Waals surface area contributed by atoms with Gasteiger partial charge in [-0.1, -0.05) is 19.9 Å². The van der Waals surface area contributed by atoms with Crippen molar-refractivity contribution in [2.45, 2.75) is 26.3 Å². The van der Waals surface area contributed by atoms with E-state index in [9.17, 15) is 19.5 Å². The first-order valence-corrected chi connectivity index (χ1v) is 10.0. The van der Waals surface area contributed by atoms with E-state index in [1.165, 1.54) is 15.6 Å². The van der Waals surface area contributed by atoms with Crippen LogP contribution in [0.15, 0.2) is 24.4 Å². The van der Waals surface area contributed by atoms with Crippen LogP contribution in [0.5, 0.6) is 0 Å². The SMILES string of the molecule is Cn1cc(NC(=O)c2cccc(N3C[C@@H](CO)NC3=O)n2)c(N2CCC(C)(C)C2=O)n1. The molecule has 4 heterocycles. The number of urea groups is 1. The number of pyridine rings is 1. The number of aliphatic hydroxyl groups excluding tert-OH is 1. The van der Waals surface area contributed by atoms with Gasteiger partial charge in [0.25, 0.3) is 5.91 Å². The maximum absolute atomic E-state index is 12.9. The second-order valence-electron chi connectivity index (χ2n) is 8.41. The van der Waals surface area contributed by atoms with Crippen LogP contribution in [0.4, 0.5) is 22.1 Å². The summed E-state index contributed by atoms with van der Waals surface area (Å²) in [4.78, 5) is 45.0. The first-order valence-electron chi connectivity index (χ1n) is 10.0. The summed E-state index contributed by atoms with van der Waals surface area (Å²) >= 11 is 0. The molecule has 0 aliphatic carbocycles. The van der Waals surface area contributed by atoms with Crippen LogP contribution >= 0.6 is 0 Å². The van der Waals surface area contributed by atoms with Gasteiger partial charge in [0, 0.05) is 19.0 Å². The van der Waals surface area contributed by atoms with Crippen molar-refractivity contribution in [3.05, 3.63) is 30.1 Å². The molecule has 1 atom stereocenters. The van der Waals surface area contributed by atoms with E-state index >= 15 is 0 Å². The summed E-state index contributed by atoms with van der Waals surface area (Å²) in [5.41, 5.74) is 0.0443. The second kappa shape index (κ2) is 7.65. The Morgan fingerprint density at radius 2 is 2.10 bits per heavy atom. The Kier molecular flexibility index (Phi) is 5.13. The first-order chi connectivity index (χ1) is 14.7. The number of hydrogen-bond donors (Lipinski definition) is 3. The maximum Gasteiger partial charge on any atom is 0.323 e. The Labute approximate surface area is 179 Å². The third-order valence-electron chi connectivity index (χ3n) is 5.54. The third kappa shape index (κ3) is 3.83. The number of aliphatic hydroxyl groups is 1. The summed E-state index contributed by atoms with van der Waals surface area (Å²) in [7, 11) is 1.72. The number of rotatable bonds is 5. The summed E-state index contributed by atoms with van der Waals surface area (Å²) in [5, 5.41) is 19.1. The molecule has 2 aliphatic heterocycles. The van der Waals surface area contributed by atoms with E-state index in [0.29, 0.717) is 30.3 Å². The van der Waals surface area contributed by atoms with E-state index in [-0.39, 0.29) is 36.8 Å². The molecule has 0 spiro atoms. The highest BCUT2D eigenvalue weighted by atomic mass is 16.3. The van der Waals surface area contributed by atoms with Crippen molar-refractivity contribution in [2.75, 3.05) is 34.8 Å². The molecule has 2 aromatic rings. The quantitative estimate of drug-likeness (QED) is 0.644. The van der Waals surface area contributed by atoms with Crippen LogP contribution in [-0.4, -0.2) is 63.5 Å². The molecule has 0 saturated carbocycles. The molecule has 11 nitrogen and oxygen atoms in total. The van der Waals surface area contributed by atoms with Gasteiger partial charge in [0.05, 0.1) is 25.4 Å². The normalized spacial score (nSPS) is 20.3. The zero-order valence-corrected chi connectivity index (χ0v) is 17.6. The molecule has 4 amide bonds. The number of carbonyl (C=O) groups excluding carboxylic acids is 3. The smallest absolute Gasteiger partial charge is 0.323 e. The lowest BCUT2D eigenvalue weighted by molar-refractivity contribution is -0.124. The number of amides is 4. The summed E-state index contributed by atoms with van der Waals surface area (Å²) < 4.78 is 1.54. The minimum atomic E-state index is -0.486. The Morgan fingerprint density at radius 3 is 2.74 bits per heavy atom. The molecule has 0 aromatic carbocycles. The summed E-state index contributed by atoms with van der Waals surface area (Å²) in [6, 6.07) is 4.03. The highest BCUT2D eigenvalue weighted by Gasteiger charge is 2.41. The monoisotopic (exact) mass is 427 g/mol. The molecule has 2 saturated heterocycles. The van der Waals surface area contributed by atoms with Crippen LogP contribution in [0, 0.1) is 5.41 Å². The van der Waals surface area contributed by atoms with Crippen molar-refractivity contribution < 1.29 is 19.5 Å². The number of aromatic nitrogens is 3. The van der Waals surface area contributed by atoms with Crippen molar-refractivity contribution in [3.63, 3.8) is 0 Å². The van der Waals surface area contributed by atoms with Gasteiger partial charge in [-0.25, -0.2) is 9.78 Å². The van der Waals surface area contributed by atoms with E-state index < -0.39 is 11.3 Å². The Balaban J connectivity index is 1.55. The summed E-state index contributed by atoms with van der Waals surface area (Å²) in [6.45, 7) is 4.38. The number of anilines is 3. The highest BCUT2D eigenvalue weighted by Crippen LogP contribution is 2.36. The van der Waals surface area contributed by atoms with Crippen LogP contribution in [0.3, 0.4) is 0 Å². The molecular weight excluding hydrogens is 402 g/mol. The fourth-order valence-electron chi connectivity index (χ4n) is 3.72. The fourth-order valence-corrected chi connectivity index (χ4v) is 3.72. The summed E-state index contributed by atoms with van der Waals surface area (Å²) in [5.74, 6) is 0.178. The molecule has 2 aromatic heterocycles. The van der Waals surface area contributed by atoms with Crippen LogP contribution in [0.25, 0.3) is 0 Å². The van der Waals surface area contributed by atoms with E-state index in [4.69, 9.17) is 0 Å². The van der Waals surface area contributed by atoms with Crippen molar-refractivity contribution in [1.29, 1.82) is 0 Å². The lowest BCUT2D eigenvalue weighted by Crippen LogP contribution is -2.32. The van der Waals surface area contributed by atoms with Crippen LogP contribution in [0.1, 0.15) is 30.8 Å². The fraction of sp³-hybridized carbons (Fsp3) is 0.450. The van der Waals surface area contributed by atoms with Gasteiger partial charge in [-0.3, -0.25) is 24.1 Å². The van der Waals surface area contributed by atoms with Crippen molar-refractivity contribution in [1.82, 2.24) is 20.1 Å². The molecular formula is C20H25N7O4. The van der Waals surface area contributed by atoms with Gasteiger partial charge in [0.1, 0.15) is 17.2 Å². The van der Waals surface area contributed by atoms with E-state index in [0.717, 1.165) is 0 Å². The topological polar surface area (TPSA) is 133 Å². The number of nitrogens with zero attached hydrogens (tertiary/aromatic N) is 5. The lowest BCUT2D eigenvalue weighted by Gasteiger charge is -2.19. The Bertz CT molecular complexity index is 1050. The standard InChI is InChI=1S/C20H25N7O4/c1-20(2)7-8-26(18(20)30)16-14(10-25(3)24-16)23-17(29)13-5-4-6-15(22-13)27-9-12(11-28)21-19(27)31/h4-6,10,12,28H,7-9,11H2,1-3H3,(H,21,31)(H,23,29)/t12-/m0/s1. The predicted molar refractivity (Wildman–Crippen MR) is 113 cm³/mol. The van der Waals surface area contributed by atoms with E-state index in [1.807, 2.05) is 13.8 Å². The van der Waals surface area contributed by atoms with Gasteiger partial charge in [-0.2, -0.15) is 5.10 Å². The first kappa shape index (κ1) is 20.8. The Hall–Kier alpha value is -3.47. The molecule has 0 radical (unpaired) electrons.